The number of terminal acetylenes is 1. The largest absolute Gasteiger partial charge is 0.481 e. The Bertz CT molecular complexity index is 340. The molecule has 1 aromatic rings. The number of nitrogens with zero attached hydrogens (tertiary/aromatic N) is 1. The van der Waals surface area contributed by atoms with Gasteiger partial charge in [0.15, 0.2) is 4.34 Å². The molecular weight excluding hydrogens is 206 g/mol. The third-order valence-corrected chi connectivity index (χ3v) is 3.12. The third kappa shape index (κ3) is 3.49. The van der Waals surface area contributed by atoms with Gasteiger partial charge in [0, 0.05) is 5.38 Å². The van der Waals surface area contributed by atoms with Crippen LogP contribution in [-0.2, 0) is 11.2 Å². The molecule has 13 heavy (non-hydrogen) atoms. The lowest BCUT2D eigenvalue weighted by Gasteiger charge is -1.88. The average molecular weight is 213 g/mol. The van der Waals surface area contributed by atoms with Gasteiger partial charge >= 0.3 is 5.97 Å². The molecule has 0 radical (unpaired) electrons. The summed E-state index contributed by atoms with van der Waals surface area (Å²) >= 11 is 2.87. The fourth-order valence-electron chi connectivity index (χ4n) is 0.694. The van der Waals surface area contributed by atoms with E-state index in [0.717, 1.165) is 4.34 Å². The van der Waals surface area contributed by atoms with Gasteiger partial charge in [0.2, 0.25) is 0 Å². The van der Waals surface area contributed by atoms with Crippen LogP contribution in [0.4, 0.5) is 0 Å². The third-order valence-electron chi connectivity index (χ3n) is 1.14. The molecule has 0 atom stereocenters. The first-order chi connectivity index (χ1) is 6.22. The molecule has 0 fully saturated rings. The zero-order chi connectivity index (χ0) is 9.68. The molecule has 0 spiro atoms. The van der Waals surface area contributed by atoms with E-state index in [1.807, 2.05) is 0 Å². The maximum Gasteiger partial charge on any atom is 0.309 e. The molecule has 1 aromatic heterocycles. The van der Waals surface area contributed by atoms with E-state index < -0.39 is 5.97 Å². The predicted octanol–water partition coefficient (Wildman–Crippen LogP) is 1.50. The van der Waals surface area contributed by atoms with Crippen LogP contribution in [0.2, 0.25) is 0 Å². The summed E-state index contributed by atoms with van der Waals surface area (Å²) in [6, 6.07) is 0. The Balaban J connectivity index is 2.54. The Morgan fingerprint density at radius 2 is 2.62 bits per heavy atom. The Morgan fingerprint density at radius 1 is 1.85 bits per heavy atom. The van der Waals surface area contributed by atoms with E-state index >= 15 is 0 Å². The van der Waals surface area contributed by atoms with Crippen LogP contribution in [0.25, 0.3) is 0 Å². The maximum absolute atomic E-state index is 10.3. The van der Waals surface area contributed by atoms with Gasteiger partial charge in [0.25, 0.3) is 0 Å². The van der Waals surface area contributed by atoms with Crippen LogP contribution in [0.15, 0.2) is 9.72 Å². The SMILES string of the molecule is C#CCSc1nc(CC(=O)O)cs1. The quantitative estimate of drug-likeness (QED) is 0.608. The van der Waals surface area contributed by atoms with Crippen LogP contribution in [-0.4, -0.2) is 21.8 Å². The van der Waals surface area contributed by atoms with Gasteiger partial charge in [-0.05, 0) is 0 Å². The van der Waals surface area contributed by atoms with Crippen molar-refractivity contribution >= 4 is 29.1 Å². The Hall–Kier alpha value is -0.990. The highest BCUT2D eigenvalue weighted by atomic mass is 32.2. The Morgan fingerprint density at radius 3 is 3.23 bits per heavy atom. The molecule has 0 saturated carbocycles. The van der Waals surface area contributed by atoms with Gasteiger partial charge in [-0.1, -0.05) is 17.7 Å². The van der Waals surface area contributed by atoms with Crippen molar-refractivity contribution in [3.05, 3.63) is 11.1 Å². The monoisotopic (exact) mass is 213 g/mol. The van der Waals surface area contributed by atoms with E-state index in [0.29, 0.717) is 11.4 Å². The summed E-state index contributed by atoms with van der Waals surface area (Å²) in [5, 5.41) is 10.2. The molecule has 0 aliphatic carbocycles. The number of aromatic nitrogens is 1. The molecule has 0 aliphatic rings. The van der Waals surface area contributed by atoms with Gasteiger partial charge in [0.1, 0.15) is 0 Å². The Labute approximate surface area is 84.2 Å². The lowest BCUT2D eigenvalue weighted by Crippen LogP contribution is -1.99. The second-order valence-electron chi connectivity index (χ2n) is 2.17. The van der Waals surface area contributed by atoms with E-state index in [1.165, 1.54) is 23.1 Å². The molecule has 0 aliphatic heterocycles. The fraction of sp³-hybridized carbons (Fsp3) is 0.250. The molecule has 0 aromatic carbocycles. The number of thioether (sulfide) groups is 1. The highest BCUT2D eigenvalue weighted by Gasteiger charge is 2.05. The molecule has 68 valence electrons. The average Bonchev–Trinajstić information content (AvgIpc) is 2.48. The highest BCUT2D eigenvalue weighted by Crippen LogP contribution is 2.22. The van der Waals surface area contributed by atoms with Crippen molar-refractivity contribution in [1.29, 1.82) is 0 Å². The minimum absolute atomic E-state index is 0.0207. The number of aliphatic carboxylic acids is 1. The first-order valence-electron chi connectivity index (χ1n) is 3.45. The number of carboxylic acid groups (broad SMARTS) is 1. The molecule has 0 amide bonds. The molecular formula is C8H7NO2S2. The minimum Gasteiger partial charge on any atom is -0.481 e. The van der Waals surface area contributed by atoms with Gasteiger partial charge in [-0.15, -0.1) is 17.8 Å². The highest BCUT2D eigenvalue weighted by molar-refractivity contribution is 8.01. The smallest absolute Gasteiger partial charge is 0.309 e. The number of carboxylic acids is 1. The molecule has 3 nitrogen and oxygen atoms in total. The van der Waals surface area contributed by atoms with Crippen molar-refractivity contribution in [3.63, 3.8) is 0 Å². The molecule has 5 heteroatoms. The van der Waals surface area contributed by atoms with Crippen LogP contribution in [0.3, 0.4) is 0 Å². The lowest BCUT2D eigenvalue weighted by atomic mass is 10.3. The number of rotatable bonds is 4. The predicted molar refractivity (Wildman–Crippen MR) is 53.0 cm³/mol. The molecule has 0 unspecified atom stereocenters. The van der Waals surface area contributed by atoms with E-state index in [1.54, 1.807) is 5.38 Å². The first-order valence-corrected chi connectivity index (χ1v) is 5.31. The fourth-order valence-corrected chi connectivity index (χ4v) is 2.22. The Kier molecular flexibility index (Phi) is 3.80. The van der Waals surface area contributed by atoms with E-state index in [-0.39, 0.29) is 6.42 Å². The summed E-state index contributed by atoms with van der Waals surface area (Å²) in [5.74, 6) is 2.19. The zero-order valence-electron chi connectivity index (χ0n) is 6.69. The minimum atomic E-state index is -0.862. The van der Waals surface area contributed by atoms with E-state index in [2.05, 4.69) is 10.9 Å². The first kappa shape index (κ1) is 10.1. The van der Waals surface area contributed by atoms with Crippen molar-refractivity contribution in [3.8, 4) is 12.3 Å². The summed E-state index contributed by atoms with van der Waals surface area (Å²) in [4.78, 5) is 14.4. The molecule has 0 bridgehead atoms. The summed E-state index contributed by atoms with van der Waals surface area (Å²) in [6.07, 6.45) is 5.06. The van der Waals surface area contributed by atoms with Crippen molar-refractivity contribution in [1.82, 2.24) is 4.98 Å². The van der Waals surface area contributed by atoms with Gasteiger partial charge < -0.3 is 5.11 Å². The van der Waals surface area contributed by atoms with Crippen LogP contribution in [0, 0.1) is 12.3 Å². The van der Waals surface area contributed by atoms with Gasteiger partial charge in [-0.3, -0.25) is 4.79 Å². The normalized spacial score (nSPS) is 9.46. The lowest BCUT2D eigenvalue weighted by molar-refractivity contribution is -0.136. The van der Waals surface area contributed by atoms with Crippen LogP contribution in [0.5, 0.6) is 0 Å². The van der Waals surface area contributed by atoms with Crippen LogP contribution >= 0.6 is 23.1 Å². The number of hydrogen-bond donors (Lipinski definition) is 1. The van der Waals surface area contributed by atoms with Gasteiger partial charge in [-0.2, -0.15) is 0 Å². The summed E-state index contributed by atoms with van der Waals surface area (Å²) in [7, 11) is 0. The summed E-state index contributed by atoms with van der Waals surface area (Å²) in [6.45, 7) is 0. The standard InChI is InChI=1S/C8H7NO2S2/c1-2-3-12-8-9-6(5-13-8)4-7(10)11/h1,5H,3-4H2,(H,10,11). The number of carbonyl (C=O) groups is 1. The van der Waals surface area contributed by atoms with Crippen molar-refractivity contribution < 1.29 is 9.90 Å². The molecule has 1 heterocycles. The summed E-state index contributed by atoms with van der Waals surface area (Å²) < 4.78 is 0.828. The van der Waals surface area contributed by atoms with Crippen molar-refractivity contribution in [2.24, 2.45) is 0 Å². The van der Waals surface area contributed by atoms with E-state index in [4.69, 9.17) is 11.5 Å². The van der Waals surface area contributed by atoms with Crippen LogP contribution < -0.4 is 0 Å². The number of hydrogen-bond acceptors (Lipinski definition) is 4. The number of thiazole rings is 1. The van der Waals surface area contributed by atoms with Gasteiger partial charge in [0.05, 0.1) is 17.9 Å². The maximum atomic E-state index is 10.3. The van der Waals surface area contributed by atoms with Crippen molar-refractivity contribution in [2.75, 3.05) is 5.75 Å². The molecule has 0 saturated heterocycles. The van der Waals surface area contributed by atoms with Gasteiger partial charge in [-0.25, -0.2) is 4.98 Å². The molecule has 1 rings (SSSR count). The zero-order valence-corrected chi connectivity index (χ0v) is 8.32. The van der Waals surface area contributed by atoms with Crippen LogP contribution in [0.1, 0.15) is 5.69 Å². The summed E-state index contributed by atoms with van der Waals surface area (Å²) in [5.41, 5.74) is 0.594. The van der Waals surface area contributed by atoms with E-state index in [9.17, 15) is 4.79 Å². The molecule has 1 N–H and O–H groups in total. The topological polar surface area (TPSA) is 50.2 Å². The second kappa shape index (κ2) is 4.90. The van der Waals surface area contributed by atoms with Crippen molar-refractivity contribution in [2.45, 2.75) is 10.8 Å². The second-order valence-corrected chi connectivity index (χ2v) is 4.25.